The standard InChI is InChI=1S/C15H21NOS/c1-15(2,16-7-3-8-17)11-12-4-5-14-13(10-12)6-9-18-14/h4-6,9-10,16-17H,3,7-8,11H2,1-2H3. The Morgan fingerprint density at radius 2 is 2.11 bits per heavy atom. The zero-order valence-electron chi connectivity index (χ0n) is 11.1. The maximum atomic E-state index is 8.81. The molecular formula is C15H21NOS. The van der Waals surface area contributed by atoms with E-state index in [1.807, 2.05) is 0 Å². The molecule has 0 atom stereocenters. The summed E-state index contributed by atoms with van der Waals surface area (Å²) >= 11 is 1.79. The van der Waals surface area contributed by atoms with Crippen LogP contribution in [0.3, 0.4) is 0 Å². The number of benzene rings is 1. The van der Waals surface area contributed by atoms with Gasteiger partial charge in [0.15, 0.2) is 0 Å². The van der Waals surface area contributed by atoms with E-state index in [0.717, 1.165) is 19.4 Å². The second kappa shape index (κ2) is 5.83. The van der Waals surface area contributed by atoms with Crippen molar-refractivity contribution >= 4 is 21.4 Å². The molecule has 0 radical (unpaired) electrons. The first-order valence-corrected chi connectivity index (χ1v) is 7.31. The van der Waals surface area contributed by atoms with Crippen LogP contribution in [0.1, 0.15) is 25.8 Å². The van der Waals surface area contributed by atoms with Gasteiger partial charge in [-0.15, -0.1) is 11.3 Å². The van der Waals surface area contributed by atoms with Crippen molar-refractivity contribution in [3.8, 4) is 0 Å². The molecule has 0 amide bonds. The zero-order valence-corrected chi connectivity index (χ0v) is 11.9. The van der Waals surface area contributed by atoms with Gasteiger partial charge in [-0.2, -0.15) is 0 Å². The number of aliphatic hydroxyl groups excluding tert-OH is 1. The van der Waals surface area contributed by atoms with Gasteiger partial charge in [-0.05, 0) is 61.7 Å². The average molecular weight is 263 g/mol. The summed E-state index contributed by atoms with van der Waals surface area (Å²) in [5.74, 6) is 0. The molecule has 1 aromatic heterocycles. The summed E-state index contributed by atoms with van der Waals surface area (Å²) in [5.41, 5.74) is 1.43. The number of hydrogen-bond acceptors (Lipinski definition) is 3. The van der Waals surface area contributed by atoms with Gasteiger partial charge in [0, 0.05) is 16.8 Å². The predicted molar refractivity (Wildman–Crippen MR) is 79.3 cm³/mol. The highest BCUT2D eigenvalue weighted by Crippen LogP contribution is 2.23. The summed E-state index contributed by atoms with van der Waals surface area (Å²) in [7, 11) is 0. The van der Waals surface area contributed by atoms with Crippen LogP contribution in [-0.2, 0) is 6.42 Å². The second-order valence-corrected chi connectivity index (χ2v) is 6.31. The number of nitrogens with one attached hydrogen (secondary N) is 1. The third-order valence-corrected chi connectivity index (χ3v) is 4.00. The first-order chi connectivity index (χ1) is 8.61. The summed E-state index contributed by atoms with van der Waals surface area (Å²) in [6, 6.07) is 8.88. The smallest absolute Gasteiger partial charge is 0.0443 e. The Morgan fingerprint density at radius 3 is 2.89 bits per heavy atom. The van der Waals surface area contributed by atoms with E-state index < -0.39 is 0 Å². The molecule has 18 heavy (non-hydrogen) atoms. The topological polar surface area (TPSA) is 32.3 Å². The summed E-state index contributed by atoms with van der Waals surface area (Å²) in [5, 5.41) is 15.8. The molecule has 0 aliphatic rings. The van der Waals surface area contributed by atoms with Crippen molar-refractivity contribution in [2.45, 2.75) is 32.2 Å². The molecule has 0 saturated heterocycles. The van der Waals surface area contributed by atoms with Crippen molar-refractivity contribution in [2.75, 3.05) is 13.2 Å². The number of thiophene rings is 1. The van der Waals surface area contributed by atoms with Crippen molar-refractivity contribution in [1.29, 1.82) is 0 Å². The van der Waals surface area contributed by atoms with Crippen LogP contribution in [0.25, 0.3) is 10.1 Å². The van der Waals surface area contributed by atoms with Crippen LogP contribution >= 0.6 is 11.3 Å². The van der Waals surface area contributed by atoms with Gasteiger partial charge in [-0.1, -0.05) is 12.1 Å². The quantitative estimate of drug-likeness (QED) is 0.785. The fourth-order valence-electron chi connectivity index (χ4n) is 2.20. The lowest BCUT2D eigenvalue weighted by Gasteiger charge is -2.26. The highest BCUT2D eigenvalue weighted by molar-refractivity contribution is 7.17. The van der Waals surface area contributed by atoms with Gasteiger partial charge in [0.1, 0.15) is 0 Å². The van der Waals surface area contributed by atoms with Crippen LogP contribution in [0.2, 0.25) is 0 Å². The molecule has 0 spiro atoms. The fraction of sp³-hybridized carbons (Fsp3) is 0.467. The average Bonchev–Trinajstić information content (AvgIpc) is 2.75. The molecule has 1 heterocycles. The van der Waals surface area contributed by atoms with Crippen molar-refractivity contribution in [2.24, 2.45) is 0 Å². The van der Waals surface area contributed by atoms with E-state index in [1.165, 1.54) is 15.6 Å². The van der Waals surface area contributed by atoms with Gasteiger partial charge >= 0.3 is 0 Å². The van der Waals surface area contributed by atoms with Crippen LogP contribution < -0.4 is 5.32 Å². The van der Waals surface area contributed by atoms with E-state index in [-0.39, 0.29) is 12.1 Å². The fourth-order valence-corrected chi connectivity index (χ4v) is 2.98. The summed E-state index contributed by atoms with van der Waals surface area (Å²) in [6.45, 7) is 5.54. The highest BCUT2D eigenvalue weighted by atomic mass is 32.1. The van der Waals surface area contributed by atoms with Crippen LogP contribution in [0.5, 0.6) is 0 Å². The number of hydrogen-bond donors (Lipinski definition) is 2. The molecule has 2 nitrogen and oxygen atoms in total. The number of aliphatic hydroxyl groups is 1. The molecule has 0 fully saturated rings. The molecule has 0 saturated carbocycles. The Kier molecular flexibility index (Phi) is 4.38. The van der Waals surface area contributed by atoms with Crippen LogP contribution in [-0.4, -0.2) is 23.8 Å². The first-order valence-electron chi connectivity index (χ1n) is 6.43. The second-order valence-electron chi connectivity index (χ2n) is 5.36. The lowest BCUT2D eigenvalue weighted by Crippen LogP contribution is -2.42. The van der Waals surface area contributed by atoms with Crippen molar-refractivity contribution < 1.29 is 5.11 Å². The lowest BCUT2D eigenvalue weighted by atomic mass is 9.94. The zero-order chi connectivity index (χ0) is 13.0. The molecule has 0 aliphatic carbocycles. The van der Waals surface area contributed by atoms with Crippen molar-refractivity contribution in [1.82, 2.24) is 5.32 Å². The Hall–Kier alpha value is -0.900. The molecule has 2 N–H and O–H groups in total. The monoisotopic (exact) mass is 263 g/mol. The molecule has 3 heteroatoms. The Morgan fingerprint density at radius 1 is 1.28 bits per heavy atom. The minimum atomic E-state index is 0.0683. The lowest BCUT2D eigenvalue weighted by molar-refractivity contribution is 0.274. The van der Waals surface area contributed by atoms with E-state index in [9.17, 15) is 0 Å². The summed E-state index contributed by atoms with van der Waals surface area (Å²) < 4.78 is 1.35. The van der Waals surface area contributed by atoms with Crippen molar-refractivity contribution in [3.63, 3.8) is 0 Å². The number of rotatable bonds is 6. The summed E-state index contributed by atoms with van der Waals surface area (Å²) in [4.78, 5) is 0. The predicted octanol–water partition coefficient (Wildman–Crippen LogP) is 3.19. The van der Waals surface area contributed by atoms with E-state index in [4.69, 9.17) is 5.11 Å². The Bertz CT molecular complexity index is 504. The molecule has 0 aliphatic heterocycles. The minimum Gasteiger partial charge on any atom is -0.396 e. The molecule has 98 valence electrons. The molecule has 0 unspecified atom stereocenters. The SMILES string of the molecule is CC(C)(Cc1ccc2sccc2c1)NCCCO. The summed E-state index contributed by atoms with van der Waals surface area (Å²) in [6.07, 6.45) is 1.82. The van der Waals surface area contributed by atoms with Gasteiger partial charge in [-0.3, -0.25) is 0 Å². The van der Waals surface area contributed by atoms with Gasteiger partial charge in [0.25, 0.3) is 0 Å². The molecular weight excluding hydrogens is 242 g/mol. The van der Waals surface area contributed by atoms with E-state index in [1.54, 1.807) is 11.3 Å². The third kappa shape index (κ3) is 3.55. The van der Waals surface area contributed by atoms with Crippen LogP contribution in [0, 0.1) is 0 Å². The largest absolute Gasteiger partial charge is 0.396 e. The molecule has 0 bridgehead atoms. The van der Waals surface area contributed by atoms with Crippen LogP contribution in [0.4, 0.5) is 0 Å². The number of fused-ring (bicyclic) bond motifs is 1. The van der Waals surface area contributed by atoms with E-state index in [0.29, 0.717) is 0 Å². The van der Waals surface area contributed by atoms with Crippen molar-refractivity contribution in [3.05, 3.63) is 35.2 Å². The molecule has 1 aromatic carbocycles. The minimum absolute atomic E-state index is 0.0683. The van der Waals surface area contributed by atoms with Gasteiger partial charge < -0.3 is 10.4 Å². The van der Waals surface area contributed by atoms with E-state index in [2.05, 4.69) is 48.8 Å². The first kappa shape index (κ1) is 13.5. The van der Waals surface area contributed by atoms with E-state index >= 15 is 0 Å². The van der Waals surface area contributed by atoms with Gasteiger partial charge in [0.05, 0.1) is 0 Å². The third-order valence-electron chi connectivity index (χ3n) is 3.10. The Balaban J connectivity index is 2.02. The highest BCUT2D eigenvalue weighted by Gasteiger charge is 2.17. The molecule has 2 aromatic rings. The van der Waals surface area contributed by atoms with Gasteiger partial charge in [-0.25, -0.2) is 0 Å². The van der Waals surface area contributed by atoms with Gasteiger partial charge in [0.2, 0.25) is 0 Å². The Labute approximate surface area is 113 Å². The normalized spacial score (nSPS) is 12.2. The van der Waals surface area contributed by atoms with Crippen LogP contribution in [0.15, 0.2) is 29.6 Å². The maximum absolute atomic E-state index is 8.81. The molecule has 2 rings (SSSR count). The maximum Gasteiger partial charge on any atom is 0.0443 e.